The molecule has 6 nitrogen and oxygen atoms in total. The molecule has 0 unspecified atom stereocenters. The Morgan fingerprint density at radius 3 is 2.78 bits per heavy atom. The van der Waals surface area contributed by atoms with Crippen LogP contribution < -0.4 is 5.32 Å². The Morgan fingerprint density at radius 1 is 1.17 bits per heavy atom. The summed E-state index contributed by atoms with van der Waals surface area (Å²) >= 11 is 0. The van der Waals surface area contributed by atoms with E-state index in [1.165, 1.54) is 6.20 Å². The number of H-pyrrole nitrogens is 1. The highest BCUT2D eigenvalue weighted by Crippen LogP contribution is 2.09. The number of aromatic amines is 1. The van der Waals surface area contributed by atoms with Gasteiger partial charge in [-0.3, -0.25) is 15.1 Å². The first kappa shape index (κ1) is 10.4. The molecule has 0 aliphatic rings. The van der Waals surface area contributed by atoms with Crippen molar-refractivity contribution in [2.45, 2.75) is 0 Å². The monoisotopic (exact) mass is 239 g/mol. The molecular weight excluding hydrogens is 230 g/mol. The van der Waals surface area contributed by atoms with E-state index in [-0.39, 0.29) is 11.6 Å². The van der Waals surface area contributed by atoms with Gasteiger partial charge in [0.1, 0.15) is 5.69 Å². The van der Waals surface area contributed by atoms with Crippen LogP contribution >= 0.6 is 0 Å². The van der Waals surface area contributed by atoms with Crippen LogP contribution in [0.4, 0.5) is 5.95 Å². The molecule has 0 bridgehead atoms. The third-order valence-electron chi connectivity index (χ3n) is 2.41. The molecule has 2 aromatic heterocycles. The molecule has 88 valence electrons. The zero-order valence-corrected chi connectivity index (χ0v) is 9.29. The molecule has 18 heavy (non-hydrogen) atoms. The van der Waals surface area contributed by atoms with Crippen molar-refractivity contribution >= 4 is 22.9 Å². The van der Waals surface area contributed by atoms with Crippen molar-refractivity contribution in [3.05, 3.63) is 48.5 Å². The fourth-order valence-corrected chi connectivity index (χ4v) is 1.57. The van der Waals surface area contributed by atoms with Gasteiger partial charge in [0.15, 0.2) is 0 Å². The summed E-state index contributed by atoms with van der Waals surface area (Å²) in [6.45, 7) is 0. The third-order valence-corrected chi connectivity index (χ3v) is 2.41. The van der Waals surface area contributed by atoms with Crippen molar-refractivity contribution in [2.24, 2.45) is 0 Å². The quantitative estimate of drug-likeness (QED) is 0.711. The molecule has 0 saturated carbocycles. The number of amides is 1. The van der Waals surface area contributed by atoms with Gasteiger partial charge in [-0.15, -0.1) is 0 Å². The van der Waals surface area contributed by atoms with Crippen molar-refractivity contribution in [1.82, 2.24) is 19.9 Å². The fraction of sp³-hybridized carbons (Fsp3) is 0. The summed E-state index contributed by atoms with van der Waals surface area (Å²) in [7, 11) is 0. The largest absolute Gasteiger partial charge is 0.331 e. The van der Waals surface area contributed by atoms with Crippen LogP contribution in [0, 0.1) is 0 Å². The van der Waals surface area contributed by atoms with Crippen LogP contribution in [0.25, 0.3) is 11.0 Å². The lowest BCUT2D eigenvalue weighted by Gasteiger charge is -2.02. The number of nitrogens with zero attached hydrogens (tertiary/aromatic N) is 3. The maximum absolute atomic E-state index is 11.9. The van der Waals surface area contributed by atoms with Crippen molar-refractivity contribution in [3.63, 3.8) is 0 Å². The molecule has 0 saturated heterocycles. The number of carbonyl (C=O) groups is 1. The van der Waals surface area contributed by atoms with Crippen molar-refractivity contribution in [3.8, 4) is 0 Å². The van der Waals surface area contributed by atoms with Gasteiger partial charge in [-0.05, 0) is 12.1 Å². The van der Waals surface area contributed by atoms with Gasteiger partial charge in [0.2, 0.25) is 5.95 Å². The fourth-order valence-electron chi connectivity index (χ4n) is 1.57. The van der Waals surface area contributed by atoms with Gasteiger partial charge >= 0.3 is 0 Å². The Morgan fingerprint density at radius 2 is 2.00 bits per heavy atom. The average molecular weight is 239 g/mol. The number of benzene rings is 1. The maximum atomic E-state index is 11.9. The summed E-state index contributed by atoms with van der Waals surface area (Å²) in [5.74, 6) is 0.0400. The summed E-state index contributed by atoms with van der Waals surface area (Å²) in [5.41, 5.74) is 1.70. The second-order valence-electron chi connectivity index (χ2n) is 3.64. The van der Waals surface area contributed by atoms with Gasteiger partial charge in [0.25, 0.3) is 5.91 Å². The highest BCUT2D eigenvalue weighted by molar-refractivity contribution is 6.02. The molecule has 3 aromatic rings. The van der Waals surface area contributed by atoms with Gasteiger partial charge < -0.3 is 4.98 Å². The third kappa shape index (κ3) is 1.91. The number of imidazole rings is 1. The minimum absolute atomic E-state index is 0.255. The van der Waals surface area contributed by atoms with E-state index in [0.29, 0.717) is 11.5 Å². The number of nitrogens with one attached hydrogen (secondary N) is 2. The van der Waals surface area contributed by atoms with E-state index in [0.717, 1.165) is 5.52 Å². The Balaban J connectivity index is 1.92. The van der Waals surface area contributed by atoms with Crippen molar-refractivity contribution in [2.75, 3.05) is 5.32 Å². The minimum Gasteiger partial charge on any atom is -0.331 e. The first-order chi connectivity index (χ1) is 8.83. The first-order valence-corrected chi connectivity index (χ1v) is 5.35. The molecule has 0 radical (unpaired) electrons. The van der Waals surface area contributed by atoms with Gasteiger partial charge in [-0.2, -0.15) is 0 Å². The molecule has 3 rings (SSSR count). The van der Waals surface area contributed by atoms with Crippen LogP contribution in [-0.2, 0) is 0 Å². The number of carbonyl (C=O) groups excluding carboxylic acids is 1. The van der Waals surface area contributed by atoms with E-state index in [9.17, 15) is 4.79 Å². The van der Waals surface area contributed by atoms with E-state index in [1.54, 1.807) is 12.4 Å². The Kier molecular flexibility index (Phi) is 2.45. The number of anilines is 1. The number of hydrogen-bond donors (Lipinski definition) is 2. The normalized spacial score (nSPS) is 10.4. The van der Waals surface area contributed by atoms with Crippen LogP contribution in [0.5, 0.6) is 0 Å². The zero-order chi connectivity index (χ0) is 12.4. The highest BCUT2D eigenvalue weighted by Gasteiger charge is 2.10. The van der Waals surface area contributed by atoms with E-state index in [2.05, 4.69) is 25.3 Å². The summed E-state index contributed by atoms with van der Waals surface area (Å²) in [5, 5.41) is 2.59. The van der Waals surface area contributed by atoms with Gasteiger partial charge in [-0.1, -0.05) is 12.1 Å². The number of fused-ring (bicyclic) bond motifs is 1. The summed E-state index contributed by atoms with van der Waals surface area (Å²) < 4.78 is 0. The second kappa shape index (κ2) is 4.25. The van der Waals surface area contributed by atoms with Crippen LogP contribution in [0.15, 0.2) is 42.9 Å². The molecule has 0 spiro atoms. The van der Waals surface area contributed by atoms with Gasteiger partial charge in [0, 0.05) is 12.4 Å². The van der Waals surface area contributed by atoms with E-state index in [4.69, 9.17) is 0 Å². The van der Waals surface area contributed by atoms with E-state index < -0.39 is 0 Å². The standard InChI is InChI=1S/C12H9N5O/c18-11(17-12-13-5-6-14-12)10-7-15-8-3-1-2-4-9(8)16-10/h1-7H,(H2,13,14,17,18). The molecule has 2 heterocycles. The molecule has 0 fully saturated rings. The summed E-state index contributed by atoms with van der Waals surface area (Å²) in [6.07, 6.45) is 4.63. The Hall–Kier alpha value is -2.76. The van der Waals surface area contributed by atoms with Gasteiger partial charge in [0.05, 0.1) is 17.2 Å². The molecular formula is C12H9N5O. The summed E-state index contributed by atoms with van der Waals surface area (Å²) in [6, 6.07) is 7.38. The maximum Gasteiger partial charge on any atom is 0.278 e. The first-order valence-electron chi connectivity index (χ1n) is 5.35. The number of aromatic nitrogens is 4. The molecule has 1 aromatic carbocycles. The highest BCUT2D eigenvalue weighted by atomic mass is 16.2. The molecule has 0 atom stereocenters. The van der Waals surface area contributed by atoms with Crippen LogP contribution in [0.2, 0.25) is 0 Å². The second-order valence-corrected chi connectivity index (χ2v) is 3.64. The lowest BCUT2D eigenvalue weighted by atomic mass is 10.3. The van der Waals surface area contributed by atoms with Crippen molar-refractivity contribution in [1.29, 1.82) is 0 Å². The predicted molar refractivity (Wildman–Crippen MR) is 66.1 cm³/mol. The smallest absolute Gasteiger partial charge is 0.278 e. The number of para-hydroxylation sites is 2. The number of hydrogen-bond acceptors (Lipinski definition) is 4. The SMILES string of the molecule is O=C(Nc1ncc[nH]1)c1cnc2ccccc2n1. The Bertz CT molecular complexity index is 693. The molecule has 1 amide bonds. The molecule has 6 heteroatoms. The number of rotatable bonds is 2. The zero-order valence-electron chi connectivity index (χ0n) is 9.29. The van der Waals surface area contributed by atoms with Crippen molar-refractivity contribution < 1.29 is 4.79 Å². The minimum atomic E-state index is -0.344. The average Bonchev–Trinajstić information content (AvgIpc) is 2.91. The Labute approximate surface area is 102 Å². The lowest BCUT2D eigenvalue weighted by molar-refractivity contribution is 0.102. The molecule has 2 N–H and O–H groups in total. The van der Waals surface area contributed by atoms with Crippen LogP contribution in [-0.4, -0.2) is 25.8 Å². The molecule has 0 aliphatic heterocycles. The van der Waals surface area contributed by atoms with E-state index >= 15 is 0 Å². The van der Waals surface area contributed by atoms with E-state index in [1.807, 2.05) is 24.3 Å². The van der Waals surface area contributed by atoms with Gasteiger partial charge in [-0.25, -0.2) is 9.97 Å². The predicted octanol–water partition coefficient (Wildman–Crippen LogP) is 1.61. The molecule has 0 aliphatic carbocycles. The summed E-state index contributed by atoms with van der Waals surface area (Å²) in [4.78, 5) is 27.0. The topological polar surface area (TPSA) is 83.6 Å². The lowest BCUT2D eigenvalue weighted by Crippen LogP contribution is -2.15. The van der Waals surface area contributed by atoms with Crippen LogP contribution in [0.3, 0.4) is 0 Å². The van der Waals surface area contributed by atoms with Crippen LogP contribution in [0.1, 0.15) is 10.5 Å².